The molecule has 6 N–H and O–H groups in total. The van der Waals surface area contributed by atoms with Gasteiger partial charge in [0.05, 0.1) is 22.4 Å². The molecule has 0 aliphatic rings. The lowest BCUT2D eigenvalue weighted by Crippen LogP contribution is -1.98. The Morgan fingerprint density at radius 1 is 0.778 bits per heavy atom. The third-order valence-corrected chi connectivity index (χ3v) is 3.04. The quantitative estimate of drug-likeness (QED) is 0.410. The fourth-order valence-corrected chi connectivity index (χ4v) is 1.96. The average Bonchev–Trinajstić information content (AvgIpc) is 2.34. The second-order valence-electron chi connectivity index (χ2n) is 4.36. The second-order valence-corrected chi connectivity index (χ2v) is 4.36. The Hall–Kier alpha value is -2.56. The minimum absolute atomic E-state index is 0.563. The molecule has 5 nitrogen and oxygen atoms in total. The molecular weight excluding hydrogens is 226 g/mol. The molecule has 0 amide bonds. The van der Waals surface area contributed by atoms with Gasteiger partial charge in [0.1, 0.15) is 11.0 Å². The molecule has 2 aromatic carbocycles. The van der Waals surface area contributed by atoms with E-state index in [1.165, 1.54) is 0 Å². The normalized spacial score (nSPS) is 11.2. The lowest BCUT2D eigenvalue weighted by atomic mass is 10.1. The first-order valence-electron chi connectivity index (χ1n) is 5.58. The number of rotatable bonds is 0. The van der Waals surface area contributed by atoms with Gasteiger partial charge in [0.2, 0.25) is 0 Å². The lowest BCUT2D eigenvalue weighted by Gasteiger charge is -2.07. The number of nitrogens with two attached hydrogens (primary N) is 3. The van der Waals surface area contributed by atoms with Crippen molar-refractivity contribution in [2.45, 2.75) is 6.92 Å². The fourth-order valence-electron chi connectivity index (χ4n) is 1.96. The zero-order valence-corrected chi connectivity index (χ0v) is 9.94. The highest BCUT2D eigenvalue weighted by Gasteiger charge is 2.08. The summed E-state index contributed by atoms with van der Waals surface area (Å²) in [6.45, 7) is 1.93. The summed E-state index contributed by atoms with van der Waals surface area (Å²) in [6.07, 6.45) is 0. The third kappa shape index (κ3) is 1.41. The van der Waals surface area contributed by atoms with Crippen LogP contribution in [0.2, 0.25) is 0 Å². The maximum Gasteiger partial charge on any atom is 0.114 e. The van der Waals surface area contributed by atoms with E-state index >= 15 is 0 Å². The van der Waals surface area contributed by atoms with Crippen LogP contribution in [-0.4, -0.2) is 9.97 Å². The lowest BCUT2D eigenvalue weighted by molar-refractivity contribution is 1.37. The molecule has 0 radical (unpaired) electrons. The van der Waals surface area contributed by atoms with E-state index in [-0.39, 0.29) is 0 Å². The Balaban J connectivity index is 2.51. The van der Waals surface area contributed by atoms with Crippen LogP contribution >= 0.6 is 0 Å². The molecule has 0 saturated heterocycles. The molecule has 3 rings (SSSR count). The Kier molecular flexibility index (Phi) is 2.04. The highest BCUT2D eigenvalue weighted by atomic mass is 14.8. The molecule has 90 valence electrons. The molecule has 0 aliphatic carbocycles. The van der Waals surface area contributed by atoms with Crippen LogP contribution < -0.4 is 17.2 Å². The van der Waals surface area contributed by atoms with E-state index in [4.69, 9.17) is 17.2 Å². The smallest absolute Gasteiger partial charge is 0.114 e. The summed E-state index contributed by atoms with van der Waals surface area (Å²) in [4.78, 5) is 9.01. The maximum absolute atomic E-state index is 5.90. The highest BCUT2D eigenvalue weighted by Crippen LogP contribution is 2.27. The van der Waals surface area contributed by atoms with Crippen LogP contribution in [0, 0.1) is 6.92 Å². The van der Waals surface area contributed by atoms with Crippen molar-refractivity contribution in [2.75, 3.05) is 17.2 Å². The van der Waals surface area contributed by atoms with Gasteiger partial charge in [-0.15, -0.1) is 0 Å². The third-order valence-electron chi connectivity index (χ3n) is 3.04. The molecule has 1 heterocycles. The predicted octanol–water partition coefficient (Wildman–Crippen LogP) is 1.84. The Morgan fingerprint density at radius 3 is 1.83 bits per heavy atom. The zero-order chi connectivity index (χ0) is 12.9. The molecular formula is C13H13N5. The van der Waals surface area contributed by atoms with E-state index in [2.05, 4.69) is 9.97 Å². The molecule has 0 bridgehead atoms. The van der Waals surface area contributed by atoms with Crippen molar-refractivity contribution < 1.29 is 0 Å². The minimum Gasteiger partial charge on any atom is -0.398 e. The van der Waals surface area contributed by atoms with Crippen LogP contribution in [-0.2, 0) is 0 Å². The van der Waals surface area contributed by atoms with Gasteiger partial charge in [-0.25, -0.2) is 9.97 Å². The monoisotopic (exact) mass is 239 g/mol. The zero-order valence-electron chi connectivity index (χ0n) is 9.94. The highest BCUT2D eigenvalue weighted by molar-refractivity contribution is 5.99. The first-order valence-corrected chi connectivity index (χ1v) is 5.58. The molecule has 0 atom stereocenters. The van der Waals surface area contributed by atoms with Gasteiger partial charge in [0.25, 0.3) is 0 Å². The molecule has 18 heavy (non-hydrogen) atoms. The van der Waals surface area contributed by atoms with E-state index < -0.39 is 0 Å². The SMILES string of the molecule is Cc1cc2nc3c(N)ccc(N)c3nc2cc1N. The van der Waals surface area contributed by atoms with Gasteiger partial charge in [-0.1, -0.05) is 0 Å². The maximum atomic E-state index is 5.90. The van der Waals surface area contributed by atoms with Crippen molar-refractivity contribution in [2.24, 2.45) is 0 Å². The van der Waals surface area contributed by atoms with Crippen molar-refractivity contribution in [1.82, 2.24) is 9.97 Å². The summed E-state index contributed by atoms with van der Waals surface area (Å²) in [5.74, 6) is 0. The van der Waals surface area contributed by atoms with Gasteiger partial charge in [-0.05, 0) is 36.8 Å². The number of hydrogen-bond donors (Lipinski definition) is 3. The van der Waals surface area contributed by atoms with Crippen LogP contribution in [0.3, 0.4) is 0 Å². The predicted molar refractivity (Wildman–Crippen MR) is 75.0 cm³/mol. The first kappa shape index (κ1) is 10.6. The van der Waals surface area contributed by atoms with Crippen LogP contribution in [0.5, 0.6) is 0 Å². The topological polar surface area (TPSA) is 104 Å². The van der Waals surface area contributed by atoms with E-state index in [9.17, 15) is 0 Å². The number of aromatic nitrogens is 2. The standard InChI is InChI=1S/C13H13N5/c1-6-4-10-11(5-9(6)16)18-13-8(15)3-2-7(14)12(13)17-10/h2-5H,14-16H2,1H3. The number of fused-ring (bicyclic) bond motifs is 2. The van der Waals surface area contributed by atoms with Crippen molar-refractivity contribution >= 4 is 39.1 Å². The van der Waals surface area contributed by atoms with Crippen molar-refractivity contribution in [3.8, 4) is 0 Å². The fraction of sp³-hybridized carbons (Fsp3) is 0.0769. The molecule has 0 unspecified atom stereocenters. The summed E-state index contributed by atoms with van der Waals surface area (Å²) in [6, 6.07) is 7.18. The number of hydrogen-bond acceptors (Lipinski definition) is 5. The van der Waals surface area contributed by atoms with Gasteiger partial charge >= 0.3 is 0 Å². The van der Waals surface area contributed by atoms with E-state index in [1.807, 2.05) is 13.0 Å². The van der Waals surface area contributed by atoms with Crippen LogP contribution in [0.4, 0.5) is 17.1 Å². The van der Waals surface area contributed by atoms with Gasteiger partial charge in [-0.2, -0.15) is 0 Å². The number of benzene rings is 2. The summed E-state index contributed by atoms with van der Waals surface area (Å²) in [5.41, 5.74) is 23.2. The second kappa shape index (κ2) is 3.46. The van der Waals surface area contributed by atoms with E-state index in [0.29, 0.717) is 28.1 Å². The molecule has 1 aromatic heterocycles. The van der Waals surface area contributed by atoms with E-state index in [1.54, 1.807) is 18.2 Å². The molecule has 5 heteroatoms. The van der Waals surface area contributed by atoms with Gasteiger partial charge in [0.15, 0.2) is 0 Å². The molecule has 0 saturated carbocycles. The first-order chi connectivity index (χ1) is 8.56. The molecule has 3 aromatic rings. The Bertz CT molecular complexity index is 713. The van der Waals surface area contributed by atoms with Crippen molar-refractivity contribution in [3.63, 3.8) is 0 Å². The minimum atomic E-state index is 0.563. The number of aryl methyl sites for hydroxylation is 1. The summed E-state index contributed by atoms with van der Waals surface area (Å²) < 4.78 is 0. The van der Waals surface area contributed by atoms with Gasteiger partial charge < -0.3 is 17.2 Å². The summed E-state index contributed by atoms with van der Waals surface area (Å²) in [7, 11) is 0. The van der Waals surface area contributed by atoms with Gasteiger partial charge in [0, 0.05) is 5.69 Å². The number of nitrogens with zero attached hydrogens (tertiary/aromatic N) is 2. The largest absolute Gasteiger partial charge is 0.398 e. The Morgan fingerprint density at radius 2 is 1.28 bits per heavy atom. The number of nitrogen functional groups attached to an aromatic ring is 3. The van der Waals surface area contributed by atoms with E-state index in [0.717, 1.165) is 16.6 Å². The molecule has 0 fully saturated rings. The van der Waals surface area contributed by atoms with Gasteiger partial charge in [-0.3, -0.25) is 0 Å². The van der Waals surface area contributed by atoms with Crippen LogP contribution in [0.15, 0.2) is 24.3 Å². The summed E-state index contributed by atoms with van der Waals surface area (Å²) in [5, 5.41) is 0. The van der Waals surface area contributed by atoms with Crippen LogP contribution in [0.25, 0.3) is 22.1 Å². The number of anilines is 3. The van der Waals surface area contributed by atoms with Crippen molar-refractivity contribution in [3.05, 3.63) is 29.8 Å². The molecule has 0 spiro atoms. The summed E-state index contributed by atoms with van der Waals surface area (Å²) >= 11 is 0. The average molecular weight is 239 g/mol. The van der Waals surface area contributed by atoms with Crippen molar-refractivity contribution in [1.29, 1.82) is 0 Å². The molecule has 0 aliphatic heterocycles. The van der Waals surface area contributed by atoms with Crippen LogP contribution in [0.1, 0.15) is 5.56 Å². The Labute approximate surface area is 104 Å².